The lowest BCUT2D eigenvalue weighted by Crippen LogP contribution is -2.27. The Morgan fingerprint density at radius 2 is 1.79 bits per heavy atom. The number of aryl methyl sites for hydroxylation is 1. The van der Waals surface area contributed by atoms with Crippen molar-refractivity contribution in [2.45, 2.75) is 20.4 Å². The molecule has 0 bridgehead atoms. The SMILES string of the molecule is COC(=O)c1ccc(-n2c(C)cc(/C=C3\SC(=O)N(Cc4ccccc4Cl)C3=O)c2C)cc1. The molecule has 8 heteroatoms. The fourth-order valence-electron chi connectivity index (χ4n) is 3.77. The second kappa shape index (κ2) is 9.29. The van der Waals surface area contributed by atoms with E-state index < -0.39 is 5.97 Å². The van der Waals surface area contributed by atoms with Crippen molar-refractivity contribution < 1.29 is 19.1 Å². The van der Waals surface area contributed by atoms with Crippen LogP contribution < -0.4 is 0 Å². The molecule has 0 saturated carbocycles. The van der Waals surface area contributed by atoms with Crippen molar-refractivity contribution in [3.63, 3.8) is 0 Å². The Hall–Kier alpha value is -3.29. The molecule has 2 amide bonds. The third kappa shape index (κ3) is 4.47. The van der Waals surface area contributed by atoms with Gasteiger partial charge in [-0.05, 0) is 79.2 Å². The molecule has 0 spiro atoms. The van der Waals surface area contributed by atoms with Crippen LogP contribution in [0.25, 0.3) is 11.8 Å². The van der Waals surface area contributed by atoms with E-state index in [9.17, 15) is 14.4 Å². The zero-order chi connectivity index (χ0) is 23.7. The number of aromatic nitrogens is 1. The standard InChI is InChI=1S/C25H21ClN2O4S/c1-15-12-19(16(2)28(15)20-10-8-17(9-11-20)24(30)32-3)13-22-23(29)27(25(31)33-22)14-18-6-4-5-7-21(18)26/h4-13H,14H2,1-3H3/b22-13-. The van der Waals surface area contributed by atoms with Crippen LogP contribution in [0.15, 0.2) is 59.5 Å². The zero-order valence-electron chi connectivity index (χ0n) is 18.3. The third-order valence-corrected chi connectivity index (χ3v) is 6.74. The number of imide groups is 1. The number of carbonyl (C=O) groups excluding carboxylic acids is 3. The summed E-state index contributed by atoms with van der Waals surface area (Å²) in [6.45, 7) is 4.04. The highest BCUT2D eigenvalue weighted by Crippen LogP contribution is 2.35. The van der Waals surface area contributed by atoms with E-state index in [0.29, 0.717) is 15.5 Å². The Labute approximate surface area is 200 Å². The summed E-state index contributed by atoms with van der Waals surface area (Å²) >= 11 is 7.12. The average molecular weight is 481 g/mol. The highest BCUT2D eigenvalue weighted by atomic mass is 35.5. The smallest absolute Gasteiger partial charge is 0.337 e. The first-order valence-electron chi connectivity index (χ1n) is 10.2. The number of hydrogen-bond donors (Lipinski definition) is 0. The molecule has 1 saturated heterocycles. The van der Waals surface area contributed by atoms with Gasteiger partial charge in [0.25, 0.3) is 11.1 Å². The summed E-state index contributed by atoms with van der Waals surface area (Å²) in [6, 6.07) is 16.2. The van der Waals surface area contributed by atoms with E-state index in [1.165, 1.54) is 12.0 Å². The summed E-state index contributed by atoms with van der Waals surface area (Å²) in [7, 11) is 1.35. The van der Waals surface area contributed by atoms with Gasteiger partial charge in [-0.2, -0.15) is 0 Å². The number of ether oxygens (including phenoxy) is 1. The second-order valence-electron chi connectivity index (χ2n) is 7.56. The lowest BCUT2D eigenvalue weighted by molar-refractivity contribution is -0.123. The largest absolute Gasteiger partial charge is 0.465 e. The molecule has 1 aliphatic heterocycles. The van der Waals surface area contributed by atoms with E-state index in [1.807, 2.05) is 42.7 Å². The van der Waals surface area contributed by atoms with Crippen LogP contribution in [0.2, 0.25) is 5.02 Å². The van der Waals surface area contributed by atoms with E-state index in [2.05, 4.69) is 0 Å². The maximum Gasteiger partial charge on any atom is 0.337 e. The molecular formula is C25H21ClN2O4S. The molecule has 1 fully saturated rings. The van der Waals surface area contributed by atoms with Gasteiger partial charge in [0.2, 0.25) is 0 Å². The summed E-state index contributed by atoms with van der Waals surface area (Å²) in [5, 5.41) is 0.195. The molecule has 0 aliphatic carbocycles. The number of nitrogens with zero attached hydrogens (tertiary/aromatic N) is 2. The Morgan fingerprint density at radius 3 is 2.45 bits per heavy atom. The van der Waals surface area contributed by atoms with Crippen molar-refractivity contribution in [2.75, 3.05) is 7.11 Å². The molecule has 0 atom stereocenters. The minimum absolute atomic E-state index is 0.132. The number of rotatable bonds is 5. The van der Waals surface area contributed by atoms with Gasteiger partial charge in [-0.25, -0.2) is 4.79 Å². The highest BCUT2D eigenvalue weighted by molar-refractivity contribution is 8.18. The fourth-order valence-corrected chi connectivity index (χ4v) is 4.79. The van der Waals surface area contributed by atoms with Gasteiger partial charge in [0.1, 0.15) is 0 Å². The first kappa shape index (κ1) is 22.9. The van der Waals surface area contributed by atoms with Crippen molar-refractivity contribution in [1.29, 1.82) is 0 Å². The Morgan fingerprint density at radius 1 is 1.09 bits per heavy atom. The van der Waals surface area contributed by atoms with Crippen molar-refractivity contribution in [1.82, 2.24) is 9.47 Å². The van der Waals surface area contributed by atoms with Crippen molar-refractivity contribution in [3.8, 4) is 5.69 Å². The lowest BCUT2D eigenvalue weighted by atomic mass is 10.2. The van der Waals surface area contributed by atoms with E-state index in [1.54, 1.807) is 36.4 Å². The fraction of sp³-hybridized carbons (Fsp3) is 0.160. The minimum atomic E-state index is -0.393. The predicted molar refractivity (Wildman–Crippen MR) is 130 cm³/mol. The molecule has 168 valence electrons. The van der Waals surface area contributed by atoms with Crippen LogP contribution in [0, 0.1) is 13.8 Å². The van der Waals surface area contributed by atoms with Gasteiger partial charge < -0.3 is 9.30 Å². The van der Waals surface area contributed by atoms with Crippen LogP contribution in [0.5, 0.6) is 0 Å². The van der Waals surface area contributed by atoms with Gasteiger partial charge in [0.15, 0.2) is 0 Å². The topological polar surface area (TPSA) is 68.6 Å². The Kier molecular flexibility index (Phi) is 6.44. The van der Waals surface area contributed by atoms with E-state index in [-0.39, 0.29) is 17.7 Å². The highest BCUT2D eigenvalue weighted by Gasteiger charge is 2.35. The predicted octanol–water partition coefficient (Wildman–Crippen LogP) is 5.77. The summed E-state index contributed by atoms with van der Waals surface area (Å²) in [6.07, 6.45) is 1.75. The maximum absolute atomic E-state index is 13.0. The van der Waals surface area contributed by atoms with Gasteiger partial charge in [-0.1, -0.05) is 29.8 Å². The second-order valence-corrected chi connectivity index (χ2v) is 8.96. The van der Waals surface area contributed by atoms with E-state index in [0.717, 1.165) is 40.0 Å². The Bertz CT molecular complexity index is 1290. The number of esters is 1. The number of carbonyl (C=O) groups is 3. The van der Waals surface area contributed by atoms with Crippen LogP contribution in [-0.2, 0) is 16.1 Å². The zero-order valence-corrected chi connectivity index (χ0v) is 19.9. The van der Waals surface area contributed by atoms with Gasteiger partial charge >= 0.3 is 5.97 Å². The van der Waals surface area contributed by atoms with Crippen LogP contribution >= 0.6 is 23.4 Å². The molecule has 0 unspecified atom stereocenters. The number of thioether (sulfide) groups is 1. The molecule has 1 aromatic heterocycles. The van der Waals surface area contributed by atoms with E-state index >= 15 is 0 Å². The molecule has 0 radical (unpaired) electrons. The quantitative estimate of drug-likeness (QED) is 0.342. The molecule has 3 aromatic rings. The summed E-state index contributed by atoms with van der Waals surface area (Å²) in [5.74, 6) is -0.729. The third-order valence-electron chi connectivity index (χ3n) is 5.46. The van der Waals surface area contributed by atoms with Crippen LogP contribution in [0.3, 0.4) is 0 Å². The molecule has 2 heterocycles. The molecule has 1 aliphatic rings. The van der Waals surface area contributed by atoms with Crippen molar-refractivity contribution >= 4 is 46.6 Å². The molecule has 2 aromatic carbocycles. The van der Waals surface area contributed by atoms with Gasteiger partial charge in [0.05, 0.1) is 24.1 Å². The number of halogens is 1. The molecule has 4 rings (SSSR count). The molecule has 0 N–H and O–H groups in total. The molecule has 33 heavy (non-hydrogen) atoms. The summed E-state index contributed by atoms with van der Waals surface area (Å²) < 4.78 is 6.78. The summed E-state index contributed by atoms with van der Waals surface area (Å²) in [4.78, 5) is 38.8. The van der Waals surface area contributed by atoms with Crippen LogP contribution in [0.1, 0.15) is 32.9 Å². The maximum atomic E-state index is 13.0. The molecule has 6 nitrogen and oxygen atoms in total. The normalized spacial score (nSPS) is 14.9. The van der Waals surface area contributed by atoms with E-state index in [4.69, 9.17) is 16.3 Å². The monoisotopic (exact) mass is 480 g/mol. The number of amides is 2. The first-order valence-corrected chi connectivity index (χ1v) is 11.4. The van der Waals surface area contributed by atoms with Crippen LogP contribution in [-0.4, -0.2) is 33.7 Å². The molecular weight excluding hydrogens is 460 g/mol. The van der Waals surface area contributed by atoms with Gasteiger partial charge in [-0.15, -0.1) is 0 Å². The van der Waals surface area contributed by atoms with Crippen molar-refractivity contribution in [2.24, 2.45) is 0 Å². The summed E-state index contributed by atoms with van der Waals surface area (Å²) in [5.41, 5.74) is 4.78. The number of hydrogen-bond acceptors (Lipinski definition) is 5. The lowest BCUT2D eigenvalue weighted by Gasteiger charge is -2.13. The van der Waals surface area contributed by atoms with Crippen LogP contribution in [0.4, 0.5) is 4.79 Å². The minimum Gasteiger partial charge on any atom is -0.465 e. The number of methoxy groups -OCH3 is 1. The first-order chi connectivity index (χ1) is 15.8. The number of benzene rings is 2. The van der Waals surface area contributed by atoms with Crippen molar-refractivity contribution in [3.05, 3.63) is 92.6 Å². The van der Waals surface area contributed by atoms with Gasteiger partial charge in [0, 0.05) is 22.1 Å². The Balaban J connectivity index is 1.61. The average Bonchev–Trinajstić information content (AvgIpc) is 3.23. The van der Waals surface area contributed by atoms with Gasteiger partial charge in [-0.3, -0.25) is 14.5 Å².